The smallest absolute Gasteiger partial charge is 0.478 e. The normalized spacial score (nSPS) is 14.4. The minimum atomic E-state index is -4.94. The van der Waals surface area contributed by atoms with Crippen molar-refractivity contribution in [2.24, 2.45) is 16.7 Å². The number of aliphatic imine (C=N–C) groups is 1. The van der Waals surface area contributed by atoms with Crippen LogP contribution < -0.4 is 33.2 Å². The van der Waals surface area contributed by atoms with Gasteiger partial charge in [0.15, 0.2) is 17.3 Å². The number of nitro benzene ring substituents is 3. The highest BCUT2D eigenvalue weighted by Gasteiger charge is 2.53. The largest absolute Gasteiger partial charge is 0.494 e. The number of nitrogen functional groups attached to an aromatic ring is 1. The van der Waals surface area contributed by atoms with Crippen LogP contribution in [-0.2, 0) is 133 Å². The number of hydrogen-bond acceptors (Lipinski definition) is 24. The number of aromatic nitrogens is 2. The third kappa shape index (κ3) is 34.3. The predicted molar refractivity (Wildman–Crippen MR) is 504 cm³/mol. The van der Waals surface area contributed by atoms with Crippen LogP contribution in [0.15, 0.2) is 187 Å². The van der Waals surface area contributed by atoms with Crippen molar-refractivity contribution in [1.82, 2.24) is 9.97 Å². The van der Waals surface area contributed by atoms with E-state index in [0.717, 1.165) is 59.0 Å². The number of carboxylic acid groups (broad SMARTS) is 1. The zero-order chi connectivity index (χ0) is 111. The van der Waals surface area contributed by atoms with Crippen LogP contribution >= 0.6 is 0 Å². The van der Waals surface area contributed by atoms with Gasteiger partial charge in [0.05, 0.1) is 102 Å². The van der Waals surface area contributed by atoms with Crippen molar-refractivity contribution in [2.75, 3.05) is 36.9 Å². The van der Waals surface area contributed by atoms with Gasteiger partial charge in [-0.1, -0.05) is 125 Å². The second-order valence-electron chi connectivity index (χ2n) is 34.4. The Bertz CT molecular complexity index is 6250. The molecule has 3 saturated heterocycles. The monoisotopic (exact) mass is 2090 g/mol. The molecule has 49 heteroatoms. The Kier molecular flexibility index (Phi) is 42.5. The molecule has 3 aliphatic rings. The topological polar surface area (TPSA) is 428 Å². The fraction of sp³-hybridized carbons (Fsp3) is 0.357. The molecule has 0 amide bonds. The van der Waals surface area contributed by atoms with E-state index in [2.05, 4.69) is 26.6 Å². The van der Waals surface area contributed by atoms with Crippen LogP contribution in [0.1, 0.15) is 183 Å². The Hall–Kier alpha value is -14.0. The number of hydrazine groups is 1. The maximum Gasteiger partial charge on any atom is 0.494 e. The predicted octanol–water partition coefficient (Wildman–Crippen LogP) is 21.1. The zero-order valence-corrected chi connectivity index (χ0v) is 80.7. The van der Waals surface area contributed by atoms with Crippen molar-refractivity contribution in [3.05, 3.63) is 313 Å². The van der Waals surface area contributed by atoms with Gasteiger partial charge in [0.2, 0.25) is 11.9 Å². The van der Waals surface area contributed by atoms with Gasteiger partial charge in [0, 0.05) is 86.4 Å². The van der Waals surface area contributed by atoms with Crippen LogP contribution in [0.5, 0.6) is 0 Å². The number of morpholine rings is 1. The number of ether oxygens (including phenoxy) is 1. The van der Waals surface area contributed by atoms with Crippen LogP contribution in [0.3, 0.4) is 0 Å². The summed E-state index contributed by atoms with van der Waals surface area (Å²) in [6, 6.07) is 41.5. The van der Waals surface area contributed by atoms with Gasteiger partial charge in [-0.2, -0.15) is 93.7 Å². The molecule has 28 nitrogen and oxygen atoms in total. The van der Waals surface area contributed by atoms with E-state index < -0.39 is 145 Å². The number of carbonyl (C=O) groups is 3. The lowest BCUT2D eigenvalue weighted by Gasteiger charge is -2.32. The number of non-ortho nitro benzene ring substituents is 3. The number of carboxylic acids is 1. The minimum Gasteiger partial charge on any atom is -0.478 e. The van der Waals surface area contributed by atoms with Crippen molar-refractivity contribution in [3.63, 3.8) is 0 Å². The summed E-state index contributed by atoms with van der Waals surface area (Å²) in [4.78, 5) is 87.4. The number of alkyl halides is 18. The molecule has 0 spiro atoms. The summed E-state index contributed by atoms with van der Waals surface area (Å²) >= 11 is 0. The number of nitrogens with zero attached hydrogens (tertiary/aromatic N) is 8. The number of isocyanates is 1. The highest BCUT2D eigenvalue weighted by Crippen LogP contribution is 2.43. The molecule has 0 saturated carbocycles. The molecule has 9 aromatic carbocycles. The highest BCUT2D eigenvalue weighted by molar-refractivity contribution is 6.62. The molecule has 13 rings (SSSR count). The van der Waals surface area contributed by atoms with Crippen molar-refractivity contribution in [2.45, 2.75) is 201 Å². The lowest BCUT2D eigenvalue weighted by atomic mass is 9.78. The average molecular weight is 2090 g/mol. The first-order chi connectivity index (χ1) is 68.3. The Morgan fingerprint density at radius 2 is 0.769 bits per heavy atom. The maximum atomic E-state index is 14.7. The standard InChI is InChI=1S/C27H24F4N4O2.C24H28BF3O3.C13H16BNO3.C9H8F3NO2.C9H10F3N.C8H4F3NO4.C8H6F3NO3.H4N2/c1-2-19-6-5-18(15-22(19)27(29,30)31)14-21(36)13-17-3-7-20(8-4-17)25-33-23(16-32)24(28)26(34-25)35-9-11-37-12-10-35;1-6-18-10-7-17(15-21(18)24(26,27)28)14-20(29)13-16-8-11-19(12-9-16)25-30-22(2,3)23(4,5)31-25;1-12(2)13(3,4)18-14(17-12)10-5-7-11(8-6-10)15-9-16;1-2-6-3-4-7(13(14)15)5-8(6)9(10,11)12;1-2-6-3-4-7(13)5-8(6)9(10,11)12;9-8(10,11)6-3-4(12(15)16)1-2-5(6)7(13)14;9-8(10,11)7-3-6(12(14)15)2-1-5(7)4-13;1-2/h3-8,15H,2,9-14H2,1H3;7-12,15H,6,13-14H2,1-5H3;5-8H,1-4H3;3-5H,2H2,1H3;3-5H,2,13H2,1H3;1-3H,(H,13,14);1-3,13H,4H2;1-2H2. The van der Waals surface area contributed by atoms with Crippen molar-refractivity contribution in [1.29, 1.82) is 5.26 Å². The van der Waals surface area contributed by atoms with Gasteiger partial charge >= 0.3 is 57.3 Å². The van der Waals surface area contributed by atoms with Crippen LogP contribution in [0.25, 0.3) is 11.4 Å². The number of nitro groups is 3. The van der Waals surface area contributed by atoms with Crippen LogP contribution in [0, 0.1) is 47.5 Å². The van der Waals surface area contributed by atoms with Gasteiger partial charge < -0.3 is 44.2 Å². The molecule has 3 aliphatic heterocycles. The van der Waals surface area contributed by atoms with E-state index in [4.69, 9.17) is 39.3 Å². The van der Waals surface area contributed by atoms with E-state index in [1.807, 2.05) is 91.8 Å². The van der Waals surface area contributed by atoms with E-state index in [1.54, 1.807) is 87.2 Å². The number of anilines is 2. The molecule has 147 heavy (non-hydrogen) atoms. The number of Topliss-reactive ketones (excluding diaryl/α,β-unsaturated/α-hetero) is 2. The number of aliphatic hydroxyl groups is 1. The molecular formula is C98H100B2F19N11O17. The number of nitriles is 1. The molecule has 0 aliphatic carbocycles. The van der Waals surface area contributed by atoms with Crippen molar-refractivity contribution >= 4 is 83.0 Å². The fourth-order valence-electron chi connectivity index (χ4n) is 14.1. The summed E-state index contributed by atoms with van der Waals surface area (Å²) < 4.78 is 272. The number of aliphatic hydroxyl groups excluding tert-OH is 1. The lowest BCUT2D eigenvalue weighted by Crippen LogP contribution is -2.41. The number of aromatic carboxylic acids is 1. The number of benzene rings is 9. The number of hydrogen-bond donors (Lipinski definition) is 5. The number of aryl methyl sites for hydroxylation is 4. The first-order valence-electron chi connectivity index (χ1n) is 44.2. The Morgan fingerprint density at radius 3 is 1.12 bits per heavy atom. The molecule has 10 aromatic rings. The first-order valence-corrected chi connectivity index (χ1v) is 44.2. The lowest BCUT2D eigenvalue weighted by molar-refractivity contribution is -0.385. The SMILES string of the molecule is CC1(C)OB(c2ccc(N=C=O)cc2)OC1(C)C.CCc1ccc(CC(=O)Cc2ccc(-c3nc(C#N)c(F)c(N4CCOCC4)n3)cc2)cc1C(F)(F)F.CCc1ccc(CC(=O)Cc2ccc(B3OC(C)(C)C(C)(C)O3)cc2)cc1C(F)(F)F.CCc1ccc(N)cc1C(F)(F)F.CCc1ccc([N+](=O)[O-])cc1C(F)(F)F.NN.O=C(O)c1ccc([N+](=O)[O-])cc1C(F)(F)F.O=[N+]([O-])c1ccc(CO)c(C(F)(F)F)c1. The molecule has 4 heterocycles. The second kappa shape index (κ2) is 51.4. The van der Waals surface area contributed by atoms with Crippen LogP contribution in [0.2, 0.25) is 0 Å². The minimum absolute atomic E-state index is 0.0317. The number of nitrogens with two attached hydrogens (primary N) is 3. The van der Waals surface area contributed by atoms with Crippen molar-refractivity contribution in [3.8, 4) is 17.5 Å². The quantitative estimate of drug-likeness (QED) is 0.00615. The van der Waals surface area contributed by atoms with Gasteiger partial charge in [-0.25, -0.2) is 19.6 Å². The van der Waals surface area contributed by atoms with Gasteiger partial charge in [0.25, 0.3) is 17.1 Å². The first kappa shape index (κ1) is 122. The Labute approximate surface area is 830 Å². The maximum absolute atomic E-state index is 14.7. The van der Waals surface area contributed by atoms with Crippen LogP contribution in [0.4, 0.5) is 118 Å². The number of ketones is 2. The molecule has 3 fully saturated rings. The second-order valence-corrected chi connectivity index (χ2v) is 34.4. The third-order valence-corrected chi connectivity index (χ3v) is 23.2. The summed E-state index contributed by atoms with van der Waals surface area (Å²) in [5.41, 5.74) is 0.244. The van der Waals surface area contributed by atoms with Gasteiger partial charge in [-0.05, 0) is 191 Å². The number of rotatable bonds is 22. The average Bonchev–Trinajstić information content (AvgIpc) is 1.69. The molecule has 0 unspecified atom stereocenters. The fourth-order valence-corrected chi connectivity index (χ4v) is 14.1. The van der Waals surface area contributed by atoms with E-state index >= 15 is 0 Å². The van der Waals surface area contributed by atoms with E-state index in [0.29, 0.717) is 84.9 Å². The molecular weight excluding hydrogens is 1990 g/mol. The molecule has 0 bridgehead atoms. The third-order valence-electron chi connectivity index (χ3n) is 23.2. The molecule has 8 N–H and O–H groups in total. The molecule has 1 aromatic heterocycles. The van der Waals surface area contributed by atoms with Gasteiger partial charge in [-0.15, -0.1) is 0 Å². The van der Waals surface area contributed by atoms with Crippen LogP contribution in [-0.4, -0.2) is 122 Å². The van der Waals surface area contributed by atoms with E-state index in [1.165, 1.54) is 30.3 Å². The molecule has 788 valence electrons. The van der Waals surface area contributed by atoms with Crippen molar-refractivity contribution < 1.29 is 151 Å². The summed E-state index contributed by atoms with van der Waals surface area (Å²) in [7, 11) is -0.864. The summed E-state index contributed by atoms with van der Waals surface area (Å²) in [6.07, 6.45) is -24.8. The summed E-state index contributed by atoms with van der Waals surface area (Å²) in [5.74, 6) is 5.27. The van der Waals surface area contributed by atoms with E-state index in [-0.39, 0.29) is 132 Å². The van der Waals surface area contributed by atoms with Gasteiger partial charge in [-0.3, -0.25) is 51.6 Å². The van der Waals surface area contributed by atoms with E-state index in [9.17, 15) is 138 Å². The molecule has 0 atom stereocenters. The number of halogens is 19. The summed E-state index contributed by atoms with van der Waals surface area (Å²) in [5, 5.41) is 57.3. The molecule has 0 radical (unpaired) electrons. The zero-order valence-electron chi connectivity index (χ0n) is 80.7. The summed E-state index contributed by atoms with van der Waals surface area (Å²) in [6.45, 7) is 23.5. The van der Waals surface area contributed by atoms with Gasteiger partial charge in [0.1, 0.15) is 17.6 Å². The Balaban J connectivity index is 0.000000271. The highest BCUT2D eigenvalue weighted by atomic mass is 19.4. The Morgan fingerprint density at radius 1 is 0.456 bits per heavy atom. The number of carbonyl (C=O) groups excluding carboxylic acids is 3.